The Kier molecular flexibility index (Phi) is 6.47. The molecule has 1 aromatic rings. The van der Waals surface area contributed by atoms with Gasteiger partial charge in [0, 0.05) is 18.8 Å². The Hall–Kier alpha value is -2.27. The monoisotopic (exact) mass is 175 g/mol. The number of aromatic amines is 1. The summed E-state index contributed by atoms with van der Waals surface area (Å²) in [4.78, 5) is 6.93. The van der Waals surface area contributed by atoms with Gasteiger partial charge in [0.25, 0.3) is 0 Å². The van der Waals surface area contributed by atoms with E-state index >= 15 is 0 Å². The second-order valence-corrected chi connectivity index (χ2v) is 1.88. The fraction of sp³-hybridized carbons (Fsp3) is 0.125. The second kappa shape index (κ2) is 7.83. The summed E-state index contributed by atoms with van der Waals surface area (Å²) in [5.41, 5.74) is 0. The Balaban J connectivity index is 0.000000252. The van der Waals surface area contributed by atoms with Crippen molar-refractivity contribution in [3.63, 3.8) is 0 Å². The first-order valence-corrected chi connectivity index (χ1v) is 3.47. The van der Waals surface area contributed by atoms with Crippen LogP contribution in [0, 0.1) is 22.9 Å². The normalized spacial score (nSPS) is 6.92. The molecule has 0 fully saturated rings. The average molecular weight is 175 g/mol. The Bertz CT molecular complexity index is 288. The summed E-state index contributed by atoms with van der Waals surface area (Å²) in [5, 5.41) is 16.7. The number of H-pyrrole nitrogens is 1. The molecule has 5 heteroatoms. The highest BCUT2D eigenvalue weighted by Gasteiger charge is 1.85. The number of nitrogens with one attached hydrogen (secondary N) is 2. The van der Waals surface area contributed by atoms with Crippen LogP contribution in [0.25, 0.3) is 0 Å². The summed E-state index contributed by atoms with van der Waals surface area (Å²) in [5.74, 6) is 0.972. The third-order valence-electron chi connectivity index (χ3n) is 1.00. The molecule has 2 N–H and O–H groups in total. The van der Waals surface area contributed by atoms with Gasteiger partial charge >= 0.3 is 0 Å². The van der Waals surface area contributed by atoms with Crippen molar-refractivity contribution in [2.45, 2.75) is 6.42 Å². The first-order valence-electron chi connectivity index (χ1n) is 3.47. The van der Waals surface area contributed by atoms with Crippen LogP contribution in [0.1, 0.15) is 5.82 Å². The predicted molar refractivity (Wildman–Crippen MR) is 46.9 cm³/mol. The summed E-state index contributed by atoms with van der Waals surface area (Å²) in [7, 11) is 0. The first kappa shape index (κ1) is 10.7. The minimum atomic E-state index is 0.826. The smallest absolute Gasteiger partial charge is 0.190 e. The molecule has 1 rings (SSSR count). The quantitative estimate of drug-likeness (QED) is 0.393. The van der Waals surface area contributed by atoms with Gasteiger partial charge in [0.1, 0.15) is 5.82 Å². The average Bonchev–Trinajstić information content (AvgIpc) is 2.60. The van der Waals surface area contributed by atoms with E-state index < -0.39 is 0 Å². The van der Waals surface area contributed by atoms with Gasteiger partial charge in [0.05, 0.1) is 0 Å². The molecule has 66 valence electrons. The van der Waals surface area contributed by atoms with E-state index in [1.54, 1.807) is 17.7 Å². The Labute approximate surface area is 76.3 Å². The molecule has 1 aromatic heterocycles. The van der Waals surface area contributed by atoms with E-state index in [1.807, 2.05) is 6.08 Å². The summed E-state index contributed by atoms with van der Waals surface area (Å²) in [6.07, 6.45) is 9.00. The number of imidazole rings is 1. The van der Waals surface area contributed by atoms with Crippen LogP contribution in [-0.4, -0.2) is 9.97 Å². The zero-order valence-electron chi connectivity index (χ0n) is 6.99. The van der Waals surface area contributed by atoms with Gasteiger partial charge < -0.3 is 4.98 Å². The molecular formula is C8H9N5. The van der Waals surface area contributed by atoms with Crippen molar-refractivity contribution in [1.29, 1.82) is 10.5 Å². The lowest BCUT2D eigenvalue weighted by atomic mass is 10.4. The molecule has 0 bridgehead atoms. The van der Waals surface area contributed by atoms with Gasteiger partial charge in [-0.1, -0.05) is 6.08 Å². The number of nitriles is 2. The second-order valence-electron chi connectivity index (χ2n) is 1.88. The molecule has 0 saturated heterocycles. The van der Waals surface area contributed by atoms with Gasteiger partial charge in [0.2, 0.25) is 0 Å². The molecule has 0 spiro atoms. The van der Waals surface area contributed by atoms with E-state index in [1.165, 1.54) is 12.4 Å². The van der Waals surface area contributed by atoms with Crippen molar-refractivity contribution < 1.29 is 0 Å². The van der Waals surface area contributed by atoms with Crippen LogP contribution in [-0.2, 0) is 6.42 Å². The van der Waals surface area contributed by atoms with E-state index in [0.29, 0.717) is 0 Å². The lowest BCUT2D eigenvalue weighted by Crippen LogP contribution is -1.88. The Morgan fingerprint density at radius 1 is 1.62 bits per heavy atom. The summed E-state index contributed by atoms with van der Waals surface area (Å²) in [6, 6.07) is 0. The fourth-order valence-electron chi connectivity index (χ4n) is 0.571. The molecule has 5 nitrogen and oxygen atoms in total. The number of allylic oxidation sites excluding steroid dienone is 1. The topological polar surface area (TPSA) is 88.3 Å². The highest BCUT2D eigenvalue weighted by Crippen LogP contribution is 1.88. The lowest BCUT2D eigenvalue weighted by Gasteiger charge is -1.82. The minimum absolute atomic E-state index is 0.826. The lowest BCUT2D eigenvalue weighted by molar-refractivity contribution is 1.06. The summed E-state index contributed by atoms with van der Waals surface area (Å²) < 4.78 is 0. The van der Waals surface area contributed by atoms with Crippen LogP contribution >= 0.6 is 0 Å². The fourth-order valence-corrected chi connectivity index (χ4v) is 0.571. The zero-order valence-corrected chi connectivity index (χ0v) is 6.99. The number of hydrogen-bond acceptors (Lipinski definition) is 4. The van der Waals surface area contributed by atoms with E-state index in [0.717, 1.165) is 12.2 Å². The van der Waals surface area contributed by atoms with Crippen LogP contribution in [0.4, 0.5) is 0 Å². The van der Waals surface area contributed by atoms with Crippen molar-refractivity contribution in [1.82, 2.24) is 15.3 Å². The highest BCUT2D eigenvalue weighted by atomic mass is 14.9. The molecule has 0 aromatic carbocycles. The van der Waals surface area contributed by atoms with Crippen LogP contribution in [0.5, 0.6) is 0 Å². The Morgan fingerprint density at radius 3 is 2.62 bits per heavy atom. The highest BCUT2D eigenvalue weighted by molar-refractivity contribution is 4.92. The molecule has 0 aliphatic heterocycles. The van der Waals surface area contributed by atoms with Gasteiger partial charge in [0.15, 0.2) is 12.4 Å². The van der Waals surface area contributed by atoms with Crippen molar-refractivity contribution >= 4 is 0 Å². The molecule has 0 aliphatic rings. The van der Waals surface area contributed by atoms with E-state index in [2.05, 4.69) is 16.5 Å². The molecule has 0 amide bonds. The van der Waals surface area contributed by atoms with Crippen LogP contribution in [0.2, 0.25) is 0 Å². The van der Waals surface area contributed by atoms with Crippen molar-refractivity contribution in [3.8, 4) is 12.4 Å². The maximum Gasteiger partial charge on any atom is 0.190 e. The van der Waals surface area contributed by atoms with Crippen LogP contribution in [0.15, 0.2) is 25.0 Å². The van der Waals surface area contributed by atoms with E-state index in [-0.39, 0.29) is 0 Å². The van der Waals surface area contributed by atoms with E-state index in [9.17, 15) is 0 Å². The molecule has 1 heterocycles. The number of hydrogen-bond donors (Lipinski definition) is 2. The van der Waals surface area contributed by atoms with Gasteiger partial charge in [-0.25, -0.2) is 10.3 Å². The maximum absolute atomic E-state index is 7.48. The SMILES string of the molecule is C=CCc1ncc[nH]1.N#CNC#N. The van der Waals surface area contributed by atoms with Crippen molar-refractivity contribution in [2.75, 3.05) is 0 Å². The van der Waals surface area contributed by atoms with Crippen molar-refractivity contribution in [2.24, 2.45) is 0 Å². The number of rotatable bonds is 2. The van der Waals surface area contributed by atoms with Gasteiger partial charge in [-0.05, 0) is 0 Å². The standard InChI is InChI=1S/C6H8N2.C2HN3/c1-2-3-6-7-4-5-8-6;3-1-5-2-4/h2,4-5H,1,3H2,(H,7,8);5H. The number of nitrogens with zero attached hydrogens (tertiary/aromatic N) is 3. The summed E-state index contributed by atoms with van der Waals surface area (Å²) in [6.45, 7) is 3.58. The molecule has 0 unspecified atom stereocenters. The zero-order chi connectivity index (χ0) is 9.94. The largest absolute Gasteiger partial charge is 0.348 e. The minimum Gasteiger partial charge on any atom is -0.348 e. The first-order chi connectivity index (χ1) is 6.35. The van der Waals surface area contributed by atoms with Crippen LogP contribution < -0.4 is 5.32 Å². The Morgan fingerprint density at radius 2 is 2.31 bits per heavy atom. The van der Waals surface area contributed by atoms with Crippen molar-refractivity contribution in [3.05, 3.63) is 30.9 Å². The number of aromatic nitrogens is 2. The molecule has 0 atom stereocenters. The molecule has 0 radical (unpaired) electrons. The van der Waals surface area contributed by atoms with E-state index in [4.69, 9.17) is 10.5 Å². The molecular weight excluding hydrogens is 166 g/mol. The third kappa shape index (κ3) is 6.14. The molecule has 0 saturated carbocycles. The van der Waals surface area contributed by atoms with Gasteiger partial charge in [-0.15, -0.1) is 6.58 Å². The predicted octanol–water partition coefficient (Wildman–Crippen LogP) is 0.676. The summed E-state index contributed by atoms with van der Waals surface area (Å²) >= 11 is 0. The van der Waals surface area contributed by atoms with Gasteiger partial charge in [-0.2, -0.15) is 10.5 Å². The molecule has 13 heavy (non-hydrogen) atoms. The third-order valence-corrected chi connectivity index (χ3v) is 1.00. The molecule has 0 aliphatic carbocycles. The van der Waals surface area contributed by atoms with Gasteiger partial charge in [-0.3, -0.25) is 0 Å². The maximum atomic E-state index is 7.48. The van der Waals surface area contributed by atoms with Crippen LogP contribution in [0.3, 0.4) is 0 Å².